The molecule has 1 aliphatic rings. The molecule has 67 heavy (non-hydrogen) atoms. The summed E-state index contributed by atoms with van der Waals surface area (Å²) < 4.78 is 0. The summed E-state index contributed by atoms with van der Waals surface area (Å²) in [6, 6.07) is 97.7. The molecular weight excluding hydrogens is 807 g/mol. The van der Waals surface area contributed by atoms with Gasteiger partial charge in [-0.25, -0.2) is 0 Å². The minimum atomic E-state index is -0.257. The maximum Gasteiger partial charge on any atom is 0.0467 e. The van der Waals surface area contributed by atoms with E-state index in [0.717, 1.165) is 28.2 Å². The Balaban J connectivity index is 0.946. The van der Waals surface area contributed by atoms with Gasteiger partial charge in [0.05, 0.1) is 0 Å². The van der Waals surface area contributed by atoms with Gasteiger partial charge in [-0.1, -0.05) is 218 Å². The van der Waals surface area contributed by atoms with Gasteiger partial charge in [0.2, 0.25) is 0 Å². The molecule has 1 unspecified atom stereocenters. The molecule has 0 aromatic heterocycles. The zero-order chi connectivity index (χ0) is 44.7. The van der Waals surface area contributed by atoms with Crippen molar-refractivity contribution >= 4 is 27.8 Å². The van der Waals surface area contributed by atoms with Gasteiger partial charge in [-0.05, 0) is 150 Å². The Morgan fingerprint density at radius 1 is 0.269 bits per heavy atom. The zero-order valence-corrected chi connectivity index (χ0v) is 37.4. The first-order valence-electron chi connectivity index (χ1n) is 23.2. The molecule has 0 fully saturated rings. The van der Waals surface area contributed by atoms with Crippen molar-refractivity contribution in [1.82, 2.24) is 0 Å². The predicted molar refractivity (Wildman–Crippen MR) is 283 cm³/mol. The number of hydrogen-bond acceptors (Lipinski definition) is 1. The molecule has 0 saturated carbocycles. The van der Waals surface area contributed by atoms with E-state index in [1.165, 1.54) is 83.1 Å². The Labute approximate surface area is 393 Å². The van der Waals surface area contributed by atoms with Crippen LogP contribution in [0.4, 0.5) is 17.1 Å². The number of nitrogens with zero attached hydrogens (tertiary/aromatic N) is 1. The van der Waals surface area contributed by atoms with E-state index in [-0.39, 0.29) is 5.41 Å². The summed E-state index contributed by atoms with van der Waals surface area (Å²) in [5.74, 6) is 0. The molecule has 0 aliphatic heterocycles. The maximum absolute atomic E-state index is 2.40. The van der Waals surface area contributed by atoms with Gasteiger partial charge in [0.1, 0.15) is 0 Å². The van der Waals surface area contributed by atoms with Crippen molar-refractivity contribution < 1.29 is 0 Å². The van der Waals surface area contributed by atoms with Gasteiger partial charge < -0.3 is 4.90 Å². The van der Waals surface area contributed by atoms with Crippen molar-refractivity contribution in [2.24, 2.45) is 0 Å². The number of fused-ring (bicyclic) bond motifs is 4. The number of hydrogen-bond donors (Lipinski definition) is 0. The molecular formula is C66H47N. The van der Waals surface area contributed by atoms with Gasteiger partial charge in [-0.3, -0.25) is 0 Å². The van der Waals surface area contributed by atoms with Crippen molar-refractivity contribution in [2.45, 2.75) is 12.3 Å². The van der Waals surface area contributed by atoms with E-state index < -0.39 is 0 Å². The van der Waals surface area contributed by atoms with Crippen LogP contribution in [-0.4, -0.2) is 0 Å². The second kappa shape index (κ2) is 16.8. The normalized spacial score (nSPS) is 13.8. The Bertz CT molecular complexity index is 3570. The molecule has 1 nitrogen and oxygen atoms in total. The van der Waals surface area contributed by atoms with E-state index in [9.17, 15) is 0 Å². The molecule has 316 valence electrons. The highest BCUT2D eigenvalue weighted by atomic mass is 15.1. The number of anilines is 3. The highest BCUT2D eigenvalue weighted by Crippen LogP contribution is 2.55. The minimum absolute atomic E-state index is 0.257. The molecule has 0 saturated heterocycles. The molecule has 11 aromatic carbocycles. The standard InChI is InChI=1S/C66H47N/c1-66(57-24-6-3-7-25-57)63-30-11-10-28-62(63)65-61(29-15-31-64(65)66)50-38-40-58(41-39-50)67(60-27-14-23-55(45-60)53-21-12-20-52(42-53)46-16-4-2-5-17-46)59-26-13-22-54(44-59)48-32-34-49(35-33-48)56-37-36-47-18-8-9-19-51(47)43-56/h2-45H,1H3. The molecule has 0 spiro atoms. The molecule has 1 heteroatoms. The predicted octanol–water partition coefficient (Wildman–Crippen LogP) is 18.0. The summed E-state index contributed by atoms with van der Waals surface area (Å²) in [5.41, 5.74) is 21.6. The van der Waals surface area contributed by atoms with E-state index >= 15 is 0 Å². The van der Waals surface area contributed by atoms with Crippen LogP contribution in [0, 0.1) is 0 Å². The van der Waals surface area contributed by atoms with Gasteiger partial charge >= 0.3 is 0 Å². The van der Waals surface area contributed by atoms with E-state index in [1.807, 2.05) is 0 Å². The lowest BCUT2D eigenvalue weighted by molar-refractivity contribution is 0.714. The Kier molecular flexibility index (Phi) is 10.0. The van der Waals surface area contributed by atoms with E-state index in [0.29, 0.717) is 0 Å². The molecule has 0 radical (unpaired) electrons. The quantitative estimate of drug-likeness (QED) is 0.140. The van der Waals surface area contributed by atoms with Gasteiger partial charge in [0.25, 0.3) is 0 Å². The van der Waals surface area contributed by atoms with E-state index in [4.69, 9.17) is 0 Å². The van der Waals surface area contributed by atoms with Crippen LogP contribution in [0.1, 0.15) is 23.6 Å². The van der Waals surface area contributed by atoms with Crippen LogP contribution in [0.2, 0.25) is 0 Å². The third-order valence-corrected chi connectivity index (χ3v) is 13.9. The van der Waals surface area contributed by atoms with Gasteiger partial charge in [-0.15, -0.1) is 0 Å². The van der Waals surface area contributed by atoms with Crippen molar-refractivity contribution in [2.75, 3.05) is 4.90 Å². The van der Waals surface area contributed by atoms with Crippen LogP contribution >= 0.6 is 0 Å². The molecule has 12 rings (SSSR count). The van der Waals surface area contributed by atoms with Crippen LogP contribution < -0.4 is 4.90 Å². The summed E-state index contributed by atoms with van der Waals surface area (Å²) >= 11 is 0. The highest BCUT2D eigenvalue weighted by Gasteiger charge is 2.41. The third-order valence-electron chi connectivity index (χ3n) is 13.9. The van der Waals surface area contributed by atoms with Crippen LogP contribution in [0.25, 0.3) is 77.5 Å². The fourth-order valence-corrected chi connectivity index (χ4v) is 10.5. The summed E-state index contributed by atoms with van der Waals surface area (Å²) in [6.07, 6.45) is 0. The van der Waals surface area contributed by atoms with Crippen LogP contribution in [0.3, 0.4) is 0 Å². The average molecular weight is 854 g/mol. The first-order valence-corrected chi connectivity index (χ1v) is 23.2. The van der Waals surface area contributed by atoms with Crippen LogP contribution in [-0.2, 0) is 5.41 Å². The van der Waals surface area contributed by atoms with Crippen LogP contribution in [0.15, 0.2) is 267 Å². The number of benzene rings is 11. The maximum atomic E-state index is 2.40. The van der Waals surface area contributed by atoms with Crippen molar-refractivity contribution in [3.8, 4) is 66.8 Å². The monoisotopic (exact) mass is 853 g/mol. The smallest absolute Gasteiger partial charge is 0.0467 e. The molecule has 0 amide bonds. The summed E-state index contributed by atoms with van der Waals surface area (Å²) in [7, 11) is 0. The minimum Gasteiger partial charge on any atom is -0.310 e. The second-order valence-corrected chi connectivity index (χ2v) is 17.8. The van der Waals surface area contributed by atoms with E-state index in [1.54, 1.807) is 0 Å². The summed E-state index contributed by atoms with van der Waals surface area (Å²) in [4.78, 5) is 2.40. The molecule has 0 bridgehead atoms. The van der Waals surface area contributed by atoms with Crippen molar-refractivity contribution in [3.05, 3.63) is 284 Å². The Morgan fingerprint density at radius 3 is 1.42 bits per heavy atom. The SMILES string of the molecule is CC1(c2ccccc2)c2ccccc2-c2c(-c3ccc(N(c4cccc(-c5ccc(-c6ccc7ccccc7c6)cc5)c4)c4cccc(-c5cccc(-c6ccccc6)c5)c4)cc3)cccc21. The lowest BCUT2D eigenvalue weighted by Gasteiger charge is -2.28. The topological polar surface area (TPSA) is 3.24 Å². The molecule has 0 N–H and O–H groups in total. The lowest BCUT2D eigenvalue weighted by Crippen LogP contribution is -2.22. The van der Waals surface area contributed by atoms with Crippen molar-refractivity contribution in [3.63, 3.8) is 0 Å². The fourth-order valence-electron chi connectivity index (χ4n) is 10.5. The van der Waals surface area contributed by atoms with Gasteiger partial charge in [0.15, 0.2) is 0 Å². The first-order chi connectivity index (χ1) is 33.1. The lowest BCUT2D eigenvalue weighted by atomic mass is 9.74. The molecule has 0 heterocycles. The Hall–Kier alpha value is -8.52. The zero-order valence-electron chi connectivity index (χ0n) is 37.4. The molecule has 1 aliphatic carbocycles. The first kappa shape index (κ1) is 40.0. The Morgan fingerprint density at radius 2 is 0.716 bits per heavy atom. The molecule has 11 aromatic rings. The van der Waals surface area contributed by atoms with Gasteiger partial charge in [-0.2, -0.15) is 0 Å². The van der Waals surface area contributed by atoms with Crippen molar-refractivity contribution in [1.29, 1.82) is 0 Å². The largest absolute Gasteiger partial charge is 0.310 e. The molecule has 1 atom stereocenters. The third kappa shape index (κ3) is 7.23. The summed E-state index contributed by atoms with van der Waals surface area (Å²) in [5, 5.41) is 2.51. The van der Waals surface area contributed by atoms with E-state index in [2.05, 4.69) is 279 Å². The van der Waals surface area contributed by atoms with Gasteiger partial charge in [0, 0.05) is 22.5 Å². The van der Waals surface area contributed by atoms with Crippen LogP contribution in [0.5, 0.6) is 0 Å². The highest BCUT2D eigenvalue weighted by molar-refractivity contribution is 5.95. The average Bonchev–Trinajstić information content (AvgIpc) is 3.68. The number of rotatable bonds is 9. The summed E-state index contributed by atoms with van der Waals surface area (Å²) in [6.45, 7) is 2.39. The fraction of sp³-hybridized carbons (Fsp3) is 0.0303. The second-order valence-electron chi connectivity index (χ2n) is 17.8.